The fourth-order valence-electron chi connectivity index (χ4n) is 1.96. The normalized spacial score (nSPS) is 12.2. The van der Waals surface area contributed by atoms with E-state index < -0.39 is 44.5 Å². The zero-order valence-corrected chi connectivity index (χ0v) is 14.6. The lowest BCUT2D eigenvalue weighted by Gasteiger charge is -2.11. The van der Waals surface area contributed by atoms with Gasteiger partial charge in [0.05, 0.1) is 30.4 Å². The number of aryl methyl sites for hydroxylation is 1. The summed E-state index contributed by atoms with van der Waals surface area (Å²) in [5.41, 5.74) is -0.339. The van der Waals surface area contributed by atoms with E-state index in [2.05, 4.69) is 9.47 Å². The van der Waals surface area contributed by atoms with Crippen molar-refractivity contribution in [3.63, 3.8) is 0 Å². The van der Waals surface area contributed by atoms with Crippen LogP contribution in [0.15, 0.2) is 40.3 Å². The largest absolute Gasteiger partial charge is 0.466 e. The number of sulfone groups is 1. The van der Waals surface area contributed by atoms with Crippen LogP contribution in [0.1, 0.15) is 12.5 Å². The molecular formula is C16H18O7S. The molecule has 7 nitrogen and oxygen atoms in total. The third kappa shape index (κ3) is 4.51. The zero-order chi connectivity index (χ0) is 18.5. The van der Waals surface area contributed by atoms with Gasteiger partial charge in [-0.3, -0.25) is 4.79 Å². The molecule has 1 aromatic carbocycles. The van der Waals surface area contributed by atoms with Crippen LogP contribution in [0.25, 0.3) is 0 Å². The Morgan fingerprint density at radius 3 is 1.88 bits per heavy atom. The Balaban J connectivity index is 3.47. The number of hydrogen-bond acceptors (Lipinski definition) is 7. The van der Waals surface area contributed by atoms with Crippen LogP contribution in [0, 0.1) is 6.92 Å². The van der Waals surface area contributed by atoms with Crippen LogP contribution in [0.4, 0.5) is 0 Å². The van der Waals surface area contributed by atoms with Crippen LogP contribution in [-0.4, -0.2) is 46.1 Å². The van der Waals surface area contributed by atoms with Gasteiger partial charge in [0.1, 0.15) is 5.57 Å². The summed E-state index contributed by atoms with van der Waals surface area (Å²) in [6.07, 6.45) is 0. The molecule has 0 heterocycles. The number of rotatable bonds is 6. The van der Waals surface area contributed by atoms with Crippen LogP contribution in [0.3, 0.4) is 0 Å². The SMILES string of the molecule is COC(=O)/C(CS(=O)(=O)c1ccc(C)cc1)=C(\C(C)=O)C(=O)OC. The quantitative estimate of drug-likeness (QED) is 0.325. The summed E-state index contributed by atoms with van der Waals surface area (Å²) >= 11 is 0. The Kier molecular flexibility index (Phi) is 6.42. The molecule has 0 radical (unpaired) electrons. The van der Waals surface area contributed by atoms with Crippen LogP contribution >= 0.6 is 0 Å². The molecule has 0 unspecified atom stereocenters. The minimum Gasteiger partial charge on any atom is -0.466 e. The molecule has 8 heteroatoms. The number of Topliss-reactive ketones (excluding diaryl/α,β-unsaturated/α-hetero) is 1. The molecule has 24 heavy (non-hydrogen) atoms. The molecule has 1 rings (SSSR count). The number of hydrogen-bond donors (Lipinski definition) is 0. The average Bonchev–Trinajstić information content (AvgIpc) is 2.53. The lowest BCUT2D eigenvalue weighted by atomic mass is 10.1. The summed E-state index contributed by atoms with van der Waals surface area (Å²) in [6.45, 7) is 2.83. The predicted molar refractivity (Wildman–Crippen MR) is 85.0 cm³/mol. The van der Waals surface area contributed by atoms with Crippen LogP contribution in [0.2, 0.25) is 0 Å². The molecule has 0 fully saturated rings. The highest BCUT2D eigenvalue weighted by molar-refractivity contribution is 7.91. The summed E-state index contributed by atoms with van der Waals surface area (Å²) in [5, 5.41) is 0. The predicted octanol–water partition coefficient (Wildman–Crippen LogP) is 1.00. The van der Waals surface area contributed by atoms with Crippen LogP contribution in [0.5, 0.6) is 0 Å². The summed E-state index contributed by atoms with van der Waals surface area (Å²) in [7, 11) is -1.92. The van der Waals surface area contributed by atoms with Gasteiger partial charge in [-0.25, -0.2) is 18.0 Å². The lowest BCUT2D eigenvalue weighted by molar-refractivity contribution is -0.140. The Morgan fingerprint density at radius 2 is 1.46 bits per heavy atom. The second-order valence-corrected chi connectivity index (χ2v) is 6.95. The van der Waals surface area contributed by atoms with E-state index >= 15 is 0 Å². The van der Waals surface area contributed by atoms with Crippen LogP contribution in [-0.2, 0) is 33.7 Å². The third-order valence-electron chi connectivity index (χ3n) is 3.19. The molecule has 1 aromatic rings. The molecule has 0 saturated carbocycles. The van der Waals surface area contributed by atoms with Gasteiger partial charge in [0.2, 0.25) is 0 Å². The van der Waals surface area contributed by atoms with E-state index in [1.165, 1.54) is 12.1 Å². The summed E-state index contributed by atoms with van der Waals surface area (Å²) in [6, 6.07) is 5.96. The Bertz CT molecular complexity index is 786. The van der Waals surface area contributed by atoms with Crippen molar-refractivity contribution in [2.24, 2.45) is 0 Å². The molecule has 0 N–H and O–H groups in total. The molecular weight excluding hydrogens is 336 g/mol. The van der Waals surface area contributed by atoms with E-state index in [0.717, 1.165) is 26.7 Å². The molecule has 0 bridgehead atoms. The van der Waals surface area contributed by atoms with Gasteiger partial charge in [0, 0.05) is 0 Å². The highest BCUT2D eigenvalue weighted by Gasteiger charge is 2.30. The molecule has 0 aromatic heterocycles. The minimum atomic E-state index is -3.97. The Morgan fingerprint density at radius 1 is 0.958 bits per heavy atom. The van der Waals surface area contributed by atoms with Crippen molar-refractivity contribution in [1.82, 2.24) is 0 Å². The monoisotopic (exact) mass is 354 g/mol. The molecule has 0 aliphatic rings. The first kappa shape index (κ1) is 19.6. The van der Waals surface area contributed by atoms with Gasteiger partial charge < -0.3 is 9.47 Å². The third-order valence-corrected chi connectivity index (χ3v) is 4.85. The minimum absolute atomic E-state index is 0.0396. The first-order chi connectivity index (χ1) is 11.1. The van der Waals surface area contributed by atoms with Crippen molar-refractivity contribution in [2.45, 2.75) is 18.7 Å². The van der Waals surface area contributed by atoms with Gasteiger partial charge in [-0.2, -0.15) is 0 Å². The number of ketones is 1. The Labute approximate surface area is 140 Å². The second kappa shape index (κ2) is 7.87. The van der Waals surface area contributed by atoms with Crippen molar-refractivity contribution in [3.05, 3.63) is 41.0 Å². The van der Waals surface area contributed by atoms with E-state index in [9.17, 15) is 22.8 Å². The highest BCUT2D eigenvalue weighted by atomic mass is 32.2. The van der Waals surface area contributed by atoms with Crippen molar-refractivity contribution in [1.29, 1.82) is 0 Å². The van der Waals surface area contributed by atoms with Crippen molar-refractivity contribution in [2.75, 3.05) is 20.0 Å². The van der Waals surface area contributed by atoms with E-state index in [1.54, 1.807) is 19.1 Å². The number of ether oxygens (including phenoxy) is 2. The van der Waals surface area contributed by atoms with Gasteiger partial charge in [-0.05, 0) is 26.0 Å². The zero-order valence-electron chi connectivity index (χ0n) is 13.8. The second-order valence-electron chi connectivity index (χ2n) is 4.97. The van der Waals surface area contributed by atoms with Crippen molar-refractivity contribution in [3.8, 4) is 0 Å². The molecule has 0 amide bonds. The van der Waals surface area contributed by atoms with Gasteiger partial charge in [-0.15, -0.1) is 0 Å². The highest BCUT2D eigenvalue weighted by Crippen LogP contribution is 2.19. The first-order valence-electron chi connectivity index (χ1n) is 6.84. The average molecular weight is 354 g/mol. The van der Waals surface area contributed by atoms with Gasteiger partial charge in [-0.1, -0.05) is 17.7 Å². The first-order valence-corrected chi connectivity index (χ1v) is 8.49. The Hall–Kier alpha value is -2.48. The van der Waals surface area contributed by atoms with E-state index in [4.69, 9.17) is 0 Å². The standard InChI is InChI=1S/C16H18O7S/c1-10-5-7-12(8-6-10)24(20,21)9-13(15(18)22-3)14(11(2)17)16(19)23-4/h5-8H,9H2,1-4H3/b14-13+. The molecule has 0 atom stereocenters. The summed E-state index contributed by atoms with van der Waals surface area (Å²) in [5.74, 6) is -3.82. The van der Waals surface area contributed by atoms with Gasteiger partial charge in [0.25, 0.3) is 0 Å². The smallest absolute Gasteiger partial charge is 0.342 e. The fourth-order valence-corrected chi connectivity index (χ4v) is 3.32. The van der Waals surface area contributed by atoms with E-state index in [-0.39, 0.29) is 4.90 Å². The molecule has 130 valence electrons. The lowest BCUT2D eigenvalue weighted by Crippen LogP contribution is -2.24. The van der Waals surface area contributed by atoms with E-state index in [1.807, 2.05) is 0 Å². The molecule has 0 spiro atoms. The summed E-state index contributed by atoms with van der Waals surface area (Å²) < 4.78 is 34.0. The molecule has 0 saturated heterocycles. The van der Waals surface area contributed by atoms with Crippen molar-refractivity contribution >= 4 is 27.6 Å². The van der Waals surface area contributed by atoms with Gasteiger partial charge in [0.15, 0.2) is 15.6 Å². The van der Waals surface area contributed by atoms with Crippen molar-refractivity contribution < 1.29 is 32.3 Å². The number of benzene rings is 1. The molecule has 0 aliphatic heterocycles. The number of carbonyl (C=O) groups excluding carboxylic acids is 3. The topological polar surface area (TPSA) is 104 Å². The number of methoxy groups -OCH3 is 2. The van der Waals surface area contributed by atoms with Gasteiger partial charge >= 0.3 is 11.9 Å². The molecule has 0 aliphatic carbocycles. The summed E-state index contributed by atoms with van der Waals surface area (Å²) in [4.78, 5) is 35.4. The fraction of sp³-hybridized carbons (Fsp3) is 0.312. The number of carbonyl (C=O) groups is 3. The van der Waals surface area contributed by atoms with E-state index in [0.29, 0.717) is 0 Å². The maximum atomic E-state index is 12.5. The number of esters is 2. The van der Waals surface area contributed by atoms with Crippen LogP contribution < -0.4 is 0 Å². The maximum Gasteiger partial charge on any atom is 0.342 e. The maximum absolute atomic E-state index is 12.5.